The largest absolute Gasteiger partial charge is 0.449 e. The molecule has 0 aliphatic carbocycles. The molecule has 2 aromatic rings. The molecule has 0 radical (unpaired) electrons. The highest BCUT2D eigenvalue weighted by Gasteiger charge is 2.44. The van der Waals surface area contributed by atoms with Crippen molar-refractivity contribution < 1.29 is 9.73 Å². The number of benzene rings is 2. The van der Waals surface area contributed by atoms with E-state index in [2.05, 4.69) is 67.4 Å². The zero-order chi connectivity index (χ0) is 17.9. The Morgan fingerprint density at radius 2 is 1.60 bits per heavy atom. The molecule has 0 unspecified atom stereocenters. The molecule has 0 bridgehead atoms. The Hall–Kier alpha value is -1.39. The van der Waals surface area contributed by atoms with Gasteiger partial charge in [0.05, 0.1) is 34.2 Å². The van der Waals surface area contributed by atoms with Crippen molar-refractivity contribution in [1.29, 1.82) is 0 Å². The highest BCUT2D eigenvalue weighted by atomic mass is 32.2. The topological polar surface area (TPSA) is 23.2 Å². The second-order valence-electron chi connectivity index (χ2n) is 6.56. The smallest absolute Gasteiger partial charge is 0.332 e. The molecule has 1 atom stereocenters. The van der Waals surface area contributed by atoms with Crippen LogP contribution in [0.25, 0.3) is 0 Å². The zero-order valence-corrected chi connectivity index (χ0v) is 17.1. The van der Waals surface area contributed by atoms with Crippen LogP contribution < -0.4 is 4.99 Å². The van der Waals surface area contributed by atoms with Gasteiger partial charge in [0.2, 0.25) is 5.54 Å². The second kappa shape index (κ2) is 7.88. The van der Waals surface area contributed by atoms with Gasteiger partial charge in [0.1, 0.15) is 0 Å². The summed E-state index contributed by atoms with van der Waals surface area (Å²) in [4.78, 5) is 9.39. The summed E-state index contributed by atoms with van der Waals surface area (Å²) in [7, 11) is 0.0636. The van der Waals surface area contributed by atoms with E-state index in [0.717, 1.165) is 18.1 Å². The average molecular weight is 374 g/mol. The van der Waals surface area contributed by atoms with Crippen LogP contribution in [0, 0.1) is 0 Å². The van der Waals surface area contributed by atoms with Gasteiger partial charge in [-0.1, -0.05) is 43.0 Å². The zero-order valence-electron chi connectivity index (χ0n) is 15.5. The van der Waals surface area contributed by atoms with Crippen molar-refractivity contribution in [2.24, 2.45) is 0 Å². The average Bonchev–Trinajstić information content (AvgIpc) is 2.61. The number of fused-ring (bicyclic) bond motifs is 2. The highest BCUT2D eigenvalue weighted by molar-refractivity contribution is 8.04. The lowest BCUT2D eigenvalue weighted by Crippen LogP contribution is -2.88. The van der Waals surface area contributed by atoms with Crippen molar-refractivity contribution in [3.05, 3.63) is 48.5 Å². The maximum absolute atomic E-state index is 5.67. The number of hydrogen-bond acceptors (Lipinski definition) is 2. The van der Waals surface area contributed by atoms with Crippen molar-refractivity contribution in [3.63, 3.8) is 0 Å². The Kier molecular flexibility index (Phi) is 5.80. The van der Waals surface area contributed by atoms with Crippen LogP contribution in [0.2, 0.25) is 0 Å². The predicted molar refractivity (Wildman–Crippen MR) is 108 cm³/mol. The van der Waals surface area contributed by atoms with Crippen LogP contribution in [0.3, 0.4) is 0 Å². The lowest BCUT2D eigenvalue weighted by Gasteiger charge is -2.23. The predicted octanol–water partition coefficient (Wildman–Crippen LogP) is 3.89. The quantitative estimate of drug-likeness (QED) is 0.488. The first kappa shape index (κ1) is 18.4. The van der Waals surface area contributed by atoms with Crippen LogP contribution in [-0.2, 0) is 15.6 Å². The van der Waals surface area contributed by atoms with E-state index in [1.165, 1.54) is 19.6 Å². The van der Waals surface area contributed by atoms with E-state index in [-0.39, 0.29) is 16.4 Å². The Labute approximate surface area is 158 Å². The third kappa shape index (κ3) is 4.06. The molecule has 2 nitrogen and oxygen atoms in total. The molecule has 0 saturated carbocycles. The van der Waals surface area contributed by atoms with Gasteiger partial charge in [-0.25, -0.2) is 4.99 Å². The molecular weight excluding hydrogens is 346 g/mol. The number of hydrogen-bond donors (Lipinski definition) is 1. The van der Waals surface area contributed by atoms with Crippen molar-refractivity contribution in [2.75, 3.05) is 12.4 Å². The SMILES string of the molecule is CCOC(C)=[NH+][C@@](C)(CC)C[S+]1c2ccccc2Sc2ccccc21. The van der Waals surface area contributed by atoms with Gasteiger partial charge >= 0.3 is 5.90 Å². The van der Waals surface area contributed by atoms with E-state index in [1.54, 1.807) is 0 Å². The summed E-state index contributed by atoms with van der Waals surface area (Å²) in [5, 5.41) is 0. The van der Waals surface area contributed by atoms with Gasteiger partial charge in [-0.2, -0.15) is 0 Å². The first-order chi connectivity index (χ1) is 12.1. The molecule has 3 rings (SSSR count). The summed E-state index contributed by atoms with van der Waals surface area (Å²) in [6.45, 7) is 9.33. The van der Waals surface area contributed by atoms with Crippen LogP contribution >= 0.6 is 11.8 Å². The van der Waals surface area contributed by atoms with Gasteiger partial charge in [-0.15, -0.1) is 0 Å². The van der Waals surface area contributed by atoms with Crippen molar-refractivity contribution in [1.82, 2.24) is 0 Å². The van der Waals surface area contributed by atoms with Crippen LogP contribution in [0.1, 0.15) is 34.1 Å². The summed E-state index contributed by atoms with van der Waals surface area (Å²) in [6, 6.07) is 17.7. The van der Waals surface area contributed by atoms with Crippen molar-refractivity contribution in [2.45, 2.75) is 59.2 Å². The summed E-state index contributed by atoms with van der Waals surface area (Å²) in [5.41, 5.74) is 0.00456. The fourth-order valence-corrected chi connectivity index (χ4v) is 7.38. The first-order valence-electron chi connectivity index (χ1n) is 8.87. The Balaban J connectivity index is 2.00. The Bertz CT molecular complexity index is 728. The first-order valence-corrected chi connectivity index (χ1v) is 11.1. The van der Waals surface area contributed by atoms with E-state index >= 15 is 0 Å². The molecule has 2 aromatic carbocycles. The van der Waals surface area contributed by atoms with Crippen LogP contribution in [0.5, 0.6) is 0 Å². The maximum Gasteiger partial charge on any atom is 0.332 e. The van der Waals surface area contributed by atoms with Gasteiger partial charge < -0.3 is 4.74 Å². The fraction of sp³-hybridized carbons (Fsp3) is 0.381. The monoisotopic (exact) mass is 373 g/mol. The van der Waals surface area contributed by atoms with Crippen LogP contribution in [-0.4, -0.2) is 23.8 Å². The molecule has 0 saturated heterocycles. The molecule has 1 N–H and O–H groups in total. The minimum absolute atomic E-state index is 0.00456. The molecule has 1 heterocycles. The molecular formula is C21H27NOS2+2. The molecule has 0 aromatic heterocycles. The van der Waals surface area contributed by atoms with Gasteiger partial charge in [0.15, 0.2) is 15.5 Å². The van der Waals surface area contributed by atoms with Gasteiger partial charge in [0.25, 0.3) is 0 Å². The van der Waals surface area contributed by atoms with E-state index in [0.29, 0.717) is 6.61 Å². The van der Waals surface area contributed by atoms with Crippen molar-refractivity contribution in [3.8, 4) is 0 Å². The molecule has 1 aliphatic heterocycles. The number of ether oxygens (including phenoxy) is 1. The van der Waals surface area contributed by atoms with Crippen LogP contribution in [0.4, 0.5) is 0 Å². The summed E-state index contributed by atoms with van der Waals surface area (Å²) in [6.07, 6.45) is 1.05. The van der Waals surface area contributed by atoms with Crippen LogP contribution in [0.15, 0.2) is 68.1 Å². The standard InChI is InChI=1S/C21H26NOS2/c1-5-21(4,22-16(3)23-6-2)15-25-19-13-9-7-11-17(19)24-18-12-8-10-14-20(18)25/h7-14H,5-6,15H2,1-4H3/q+1/p+1/t21-/m0/s1. The van der Waals surface area contributed by atoms with E-state index in [4.69, 9.17) is 4.74 Å². The van der Waals surface area contributed by atoms with Crippen molar-refractivity contribution >= 4 is 28.6 Å². The number of nitrogens with one attached hydrogen (secondary N) is 1. The van der Waals surface area contributed by atoms with E-state index < -0.39 is 0 Å². The minimum Gasteiger partial charge on any atom is -0.449 e. The van der Waals surface area contributed by atoms with Gasteiger partial charge in [-0.3, -0.25) is 0 Å². The molecule has 0 fully saturated rings. The third-order valence-electron chi connectivity index (χ3n) is 4.53. The normalized spacial score (nSPS) is 16.7. The minimum atomic E-state index is 0.00456. The molecule has 0 amide bonds. The number of rotatable bonds is 5. The van der Waals surface area contributed by atoms with E-state index in [1.807, 2.05) is 25.6 Å². The molecule has 25 heavy (non-hydrogen) atoms. The van der Waals surface area contributed by atoms with E-state index in [9.17, 15) is 0 Å². The summed E-state index contributed by atoms with van der Waals surface area (Å²) < 4.78 is 5.67. The highest BCUT2D eigenvalue weighted by Crippen LogP contribution is 2.45. The molecule has 1 aliphatic rings. The Morgan fingerprint density at radius 1 is 1.04 bits per heavy atom. The fourth-order valence-electron chi connectivity index (χ4n) is 3.09. The van der Waals surface area contributed by atoms with Gasteiger partial charge in [0, 0.05) is 13.3 Å². The molecule has 0 spiro atoms. The van der Waals surface area contributed by atoms with Gasteiger partial charge in [-0.05, 0) is 31.2 Å². The maximum atomic E-state index is 5.67. The molecule has 4 heteroatoms. The summed E-state index contributed by atoms with van der Waals surface area (Å²) in [5.74, 6) is 1.99. The molecule has 132 valence electrons. The Morgan fingerprint density at radius 3 is 2.12 bits per heavy atom. The lowest BCUT2D eigenvalue weighted by atomic mass is 10.0. The lowest BCUT2D eigenvalue weighted by molar-refractivity contribution is -0.551. The second-order valence-corrected chi connectivity index (χ2v) is 9.59. The summed E-state index contributed by atoms with van der Waals surface area (Å²) >= 11 is 1.90. The third-order valence-corrected chi connectivity index (χ3v) is 8.64.